The maximum atomic E-state index is 11.2. The van der Waals surface area contributed by atoms with E-state index in [1.165, 1.54) is 7.11 Å². The van der Waals surface area contributed by atoms with Gasteiger partial charge in [0.1, 0.15) is 6.04 Å². The molecule has 0 aliphatic heterocycles. The second-order valence-electron chi connectivity index (χ2n) is 4.48. The van der Waals surface area contributed by atoms with E-state index in [1.807, 2.05) is 6.92 Å². The van der Waals surface area contributed by atoms with Crippen molar-refractivity contribution in [3.63, 3.8) is 0 Å². The molecule has 0 aliphatic rings. The van der Waals surface area contributed by atoms with Crippen LogP contribution in [-0.2, 0) is 9.53 Å². The van der Waals surface area contributed by atoms with Crippen LogP contribution in [0.4, 0.5) is 0 Å². The van der Waals surface area contributed by atoms with Crippen molar-refractivity contribution < 1.29 is 9.53 Å². The second kappa shape index (κ2) is 9.42. The Labute approximate surface area is 106 Å². The minimum absolute atomic E-state index is 0.194. The molecule has 0 spiro atoms. The molecule has 1 N–H and O–H groups in total. The average Bonchev–Trinajstić information content (AvgIpc) is 2.33. The van der Waals surface area contributed by atoms with Gasteiger partial charge in [0.05, 0.1) is 7.11 Å². The van der Waals surface area contributed by atoms with Gasteiger partial charge in [-0.15, -0.1) is 0 Å². The lowest BCUT2D eigenvalue weighted by atomic mass is 10.1. The van der Waals surface area contributed by atoms with Gasteiger partial charge >= 0.3 is 5.97 Å². The quantitative estimate of drug-likeness (QED) is 0.626. The molecule has 0 aromatic rings. The van der Waals surface area contributed by atoms with Crippen LogP contribution in [0.5, 0.6) is 0 Å². The summed E-state index contributed by atoms with van der Waals surface area (Å²) in [5, 5.41) is 3.25. The summed E-state index contributed by atoms with van der Waals surface area (Å²) in [4.78, 5) is 13.6. The topological polar surface area (TPSA) is 41.6 Å². The summed E-state index contributed by atoms with van der Waals surface area (Å²) in [6, 6.07) is 0.128. The molecule has 0 saturated carbocycles. The van der Waals surface area contributed by atoms with Crippen LogP contribution in [0.25, 0.3) is 0 Å². The summed E-state index contributed by atoms with van der Waals surface area (Å²) in [5.41, 5.74) is 0. The van der Waals surface area contributed by atoms with Gasteiger partial charge < -0.3 is 15.0 Å². The molecule has 0 fully saturated rings. The Hall–Kier alpha value is -0.610. The summed E-state index contributed by atoms with van der Waals surface area (Å²) in [6.07, 6.45) is 2.24. The molecule has 0 bridgehead atoms. The maximum absolute atomic E-state index is 11.2. The first-order chi connectivity index (χ1) is 8.04. The smallest absolute Gasteiger partial charge is 0.322 e. The molecule has 17 heavy (non-hydrogen) atoms. The number of rotatable bonds is 9. The molecule has 102 valence electrons. The molecule has 0 aromatic carbocycles. The van der Waals surface area contributed by atoms with Gasteiger partial charge in [-0.3, -0.25) is 4.79 Å². The Morgan fingerprint density at radius 2 is 1.88 bits per heavy atom. The highest BCUT2D eigenvalue weighted by Gasteiger charge is 2.15. The Morgan fingerprint density at radius 3 is 2.35 bits per heavy atom. The lowest BCUT2D eigenvalue weighted by Gasteiger charge is -2.21. The summed E-state index contributed by atoms with van der Waals surface area (Å²) in [5.74, 6) is -0.194. The van der Waals surface area contributed by atoms with Gasteiger partial charge in [0.25, 0.3) is 0 Å². The van der Waals surface area contributed by atoms with E-state index >= 15 is 0 Å². The minimum Gasteiger partial charge on any atom is -0.468 e. The summed E-state index contributed by atoms with van der Waals surface area (Å²) in [6.45, 7) is 11.7. The van der Waals surface area contributed by atoms with E-state index in [-0.39, 0.29) is 12.0 Å². The van der Waals surface area contributed by atoms with Crippen LogP contribution >= 0.6 is 0 Å². The lowest BCUT2D eigenvalue weighted by Crippen LogP contribution is -2.40. The van der Waals surface area contributed by atoms with Gasteiger partial charge in [-0.2, -0.15) is 0 Å². The van der Waals surface area contributed by atoms with E-state index in [0.717, 1.165) is 32.5 Å². The second-order valence-corrected chi connectivity index (χ2v) is 4.48. The molecule has 0 saturated heterocycles. The summed E-state index contributed by atoms with van der Waals surface area (Å²) < 4.78 is 4.68. The van der Waals surface area contributed by atoms with E-state index < -0.39 is 0 Å². The highest BCUT2D eigenvalue weighted by atomic mass is 16.5. The largest absolute Gasteiger partial charge is 0.468 e. The first-order valence-corrected chi connectivity index (χ1v) is 6.61. The predicted octanol–water partition coefficient (Wildman–Crippen LogP) is 1.65. The monoisotopic (exact) mass is 244 g/mol. The highest BCUT2D eigenvalue weighted by molar-refractivity contribution is 5.75. The molecule has 2 unspecified atom stereocenters. The summed E-state index contributed by atoms with van der Waals surface area (Å²) >= 11 is 0. The lowest BCUT2D eigenvalue weighted by molar-refractivity contribution is -0.142. The Kier molecular flexibility index (Phi) is 9.09. The number of esters is 1. The Morgan fingerprint density at radius 1 is 1.29 bits per heavy atom. The standard InChI is InChI=1S/C13H28N2O2/c1-6-15(7-2)10-8-9-11(3)14-12(4)13(16)17-5/h11-12,14H,6-10H2,1-5H3. The number of ether oxygens (including phenoxy) is 1. The van der Waals surface area contributed by atoms with Gasteiger partial charge in [-0.25, -0.2) is 0 Å². The summed E-state index contributed by atoms with van der Waals surface area (Å²) in [7, 11) is 1.42. The third-order valence-corrected chi connectivity index (χ3v) is 3.10. The zero-order valence-electron chi connectivity index (χ0n) is 12.0. The van der Waals surface area contributed by atoms with Crippen LogP contribution in [0, 0.1) is 0 Å². The first kappa shape index (κ1) is 16.4. The van der Waals surface area contributed by atoms with E-state index in [2.05, 4.69) is 35.7 Å². The van der Waals surface area contributed by atoms with Crippen molar-refractivity contribution in [2.75, 3.05) is 26.7 Å². The molecule has 0 aromatic heterocycles. The SMILES string of the molecule is CCN(CC)CCCC(C)NC(C)C(=O)OC. The van der Waals surface area contributed by atoms with Gasteiger partial charge in [-0.1, -0.05) is 13.8 Å². The number of carbonyl (C=O) groups is 1. The van der Waals surface area contributed by atoms with Gasteiger partial charge in [0, 0.05) is 6.04 Å². The van der Waals surface area contributed by atoms with Crippen LogP contribution in [0.1, 0.15) is 40.5 Å². The van der Waals surface area contributed by atoms with Crippen molar-refractivity contribution >= 4 is 5.97 Å². The Bertz CT molecular complexity index is 206. The number of carbonyl (C=O) groups excluding carboxylic acids is 1. The molecule has 0 rings (SSSR count). The molecule has 0 heterocycles. The molecule has 2 atom stereocenters. The van der Waals surface area contributed by atoms with Crippen LogP contribution < -0.4 is 5.32 Å². The molecule has 4 nitrogen and oxygen atoms in total. The van der Waals surface area contributed by atoms with Gasteiger partial charge in [0.2, 0.25) is 0 Å². The fourth-order valence-electron chi connectivity index (χ4n) is 1.92. The zero-order chi connectivity index (χ0) is 13.3. The van der Waals surface area contributed by atoms with E-state index in [4.69, 9.17) is 0 Å². The maximum Gasteiger partial charge on any atom is 0.322 e. The van der Waals surface area contributed by atoms with E-state index in [1.54, 1.807) is 0 Å². The first-order valence-electron chi connectivity index (χ1n) is 6.61. The normalized spacial score (nSPS) is 14.7. The van der Waals surface area contributed by atoms with Crippen LogP contribution in [0.2, 0.25) is 0 Å². The molecule has 0 radical (unpaired) electrons. The minimum atomic E-state index is -0.219. The Balaban J connectivity index is 3.72. The van der Waals surface area contributed by atoms with E-state index in [9.17, 15) is 4.79 Å². The van der Waals surface area contributed by atoms with Gasteiger partial charge in [0.15, 0.2) is 0 Å². The van der Waals surface area contributed by atoms with Crippen molar-refractivity contribution in [2.24, 2.45) is 0 Å². The van der Waals surface area contributed by atoms with Crippen molar-refractivity contribution in [1.82, 2.24) is 10.2 Å². The van der Waals surface area contributed by atoms with Crippen LogP contribution in [-0.4, -0.2) is 49.7 Å². The zero-order valence-corrected chi connectivity index (χ0v) is 12.0. The fraction of sp³-hybridized carbons (Fsp3) is 0.923. The van der Waals surface area contributed by atoms with Gasteiger partial charge in [-0.05, 0) is 46.3 Å². The number of nitrogens with one attached hydrogen (secondary N) is 1. The van der Waals surface area contributed by atoms with Crippen LogP contribution in [0.3, 0.4) is 0 Å². The van der Waals surface area contributed by atoms with Crippen molar-refractivity contribution in [3.8, 4) is 0 Å². The molecule has 0 aliphatic carbocycles. The number of methoxy groups -OCH3 is 1. The van der Waals surface area contributed by atoms with Crippen molar-refractivity contribution in [2.45, 2.75) is 52.6 Å². The number of hydrogen-bond donors (Lipinski definition) is 1. The molecular formula is C13H28N2O2. The van der Waals surface area contributed by atoms with Crippen molar-refractivity contribution in [3.05, 3.63) is 0 Å². The average molecular weight is 244 g/mol. The molecule has 0 amide bonds. The predicted molar refractivity (Wildman–Crippen MR) is 71.1 cm³/mol. The number of nitrogens with zero attached hydrogens (tertiary/aromatic N) is 1. The van der Waals surface area contributed by atoms with Crippen LogP contribution in [0.15, 0.2) is 0 Å². The third-order valence-electron chi connectivity index (χ3n) is 3.10. The molecular weight excluding hydrogens is 216 g/mol. The van der Waals surface area contributed by atoms with E-state index in [0.29, 0.717) is 6.04 Å². The highest BCUT2D eigenvalue weighted by Crippen LogP contribution is 2.01. The molecule has 4 heteroatoms. The van der Waals surface area contributed by atoms with Crippen molar-refractivity contribution in [1.29, 1.82) is 0 Å². The number of hydrogen-bond acceptors (Lipinski definition) is 4. The fourth-order valence-corrected chi connectivity index (χ4v) is 1.92. The third kappa shape index (κ3) is 7.34.